The van der Waals surface area contributed by atoms with Crippen LogP contribution in [0.2, 0.25) is 0 Å². The number of hydrogen-bond acceptors (Lipinski definition) is 5. The van der Waals surface area contributed by atoms with E-state index in [4.69, 9.17) is 4.98 Å². The lowest BCUT2D eigenvalue weighted by Gasteiger charge is -2.12. The normalized spacial score (nSPS) is 19.2. The molecule has 3 heterocycles. The van der Waals surface area contributed by atoms with Crippen molar-refractivity contribution >= 4 is 32.5 Å². The van der Waals surface area contributed by atoms with Gasteiger partial charge in [0.15, 0.2) is 15.5 Å². The number of anilines is 1. The Bertz CT molecular complexity index is 1540. The van der Waals surface area contributed by atoms with Crippen LogP contribution in [0.1, 0.15) is 53.0 Å². The molecule has 1 atom stereocenters. The average Bonchev–Trinajstić information content (AvgIpc) is 3.58. The molecule has 1 amide bonds. The molecule has 2 aromatic heterocycles. The summed E-state index contributed by atoms with van der Waals surface area (Å²) in [6, 6.07) is 19.5. The number of amides is 1. The van der Waals surface area contributed by atoms with E-state index in [0.29, 0.717) is 40.3 Å². The van der Waals surface area contributed by atoms with Crippen molar-refractivity contribution in [3.05, 3.63) is 77.6 Å². The fraction of sp³-hybridized carbons (Fsp3) is 0.296. The second-order valence-corrected chi connectivity index (χ2v) is 11.8. The molecule has 1 aliphatic heterocycles. The Morgan fingerprint density at radius 2 is 1.71 bits per heavy atom. The van der Waals surface area contributed by atoms with Crippen LogP contribution in [-0.4, -0.2) is 40.6 Å². The van der Waals surface area contributed by atoms with Crippen molar-refractivity contribution < 1.29 is 13.2 Å². The van der Waals surface area contributed by atoms with Crippen LogP contribution in [0, 0.1) is 6.92 Å². The van der Waals surface area contributed by atoms with Gasteiger partial charge in [0.2, 0.25) is 0 Å². The number of carbonyl (C=O) groups excluding carboxylic acids is 1. The summed E-state index contributed by atoms with van der Waals surface area (Å²) in [4.78, 5) is 18.4. The van der Waals surface area contributed by atoms with Gasteiger partial charge in [0, 0.05) is 17.3 Å². The summed E-state index contributed by atoms with van der Waals surface area (Å²) >= 11 is 0. The van der Waals surface area contributed by atoms with E-state index >= 15 is 0 Å². The molecule has 0 radical (unpaired) electrons. The minimum Gasteiger partial charge on any atom is -0.322 e. The molecule has 8 heteroatoms. The minimum absolute atomic E-state index is 0.0633. The summed E-state index contributed by atoms with van der Waals surface area (Å²) in [5.41, 5.74) is 5.61. The summed E-state index contributed by atoms with van der Waals surface area (Å²) in [5, 5.41) is 8.39. The zero-order chi connectivity index (χ0) is 24.2. The standard InChI is InChI=1S/C27H26N4O3S/c1-17-25-23(27(32)28-21-11-9-19(10-12-21)18-5-3-2-4-6-18)15-24(20-7-8-20)29-26(25)31(30-17)22-13-14-35(33,34)16-22/h2-6,9-12,15,20,22H,7-8,13-14,16H2,1H3,(H,28,32)/t22-/m0/s1. The van der Waals surface area contributed by atoms with Crippen molar-refractivity contribution in [1.29, 1.82) is 0 Å². The molecular formula is C27H26N4O3S. The second-order valence-electron chi connectivity index (χ2n) is 9.55. The van der Waals surface area contributed by atoms with Gasteiger partial charge in [-0.05, 0) is 55.5 Å². The van der Waals surface area contributed by atoms with Crippen molar-refractivity contribution in [3.63, 3.8) is 0 Å². The summed E-state index contributed by atoms with van der Waals surface area (Å²) in [5.74, 6) is 0.348. The Hall–Kier alpha value is -3.52. The van der Waals surface area contributed by atoms with Crippen LogP contribution in [0.4, 0.5) is 5.69 Å². The Morgan fingerprint density at radius 1 is 1.00 bits per heavy atom. The number of nitrogens with one attached hydrogen (secondary N) is 1. The lowest BCUT2D eigenvalue weighted by Crippen LogP contribution is -2.15. The van der Waals surface area contributed by atoms with Gasteiger partial charge in [-0.15, -0.1) is 0 Å². The Morgan fingerprint density at radius 3 is 2.37 bits per heavy atom. The molecule has 0 unspecified atom stereocenters. The number of aryl methyl sites for hydroxylation is 1. The van der Waals surface area contributed by atoms with Gasteiger partial charge in [-0.2, -0.15) is 5.10 Å². The second kappa shape index (κ2) is 8.30. The molecule has 35 heavy (non-hydrogen) atoms. The highest BCUT2D eigenvalue weighted by Gasteiger charge is 2.34. The molecule has 1 saturated carbocycles. The number of benzene rings is 2. The van der Waals surface area contributed by atoms with Gasteiger partial charge in [-0.1, -0.05) is 42.5 Å². The summed E-state index contributed by atoms with van der Waals surface area (Å²) in [6.45, 7) is 1.85. The highest BCUT2D eigenvalue weighted by molar-refractivity contribution is 7.91. The maximum Gasteiger partial charge on any atom is 0.256 e. The Balaban J connectivity index is 1.35. The lowest BCUT2D eigenvalue weighted by atomic mass is 10.0. The van der Waals surface area contributed by atoms with E-state index in [1.165, 1.54) is 0 Å². The van der Waals surface area contributed by atoms with Crippen molar-refractivity contribution in [2.24, 2.45) is 0 Å². The first-order valence-electron chi connectivity index (χ1n) is 11.9. The number of carbonyl (C=O) groups is 1. The van der Waals surface area contributed by atoms with Crippen LogP contribution < -0.4 is 5.32 Å². The van der Waals surface area contributed by atoms with E-state index < -0.39 is 9.84 Å². The van der Waals surface area contributed by atoms with Crippen LogP contribution in [0.15, 0.2) is 60.7 Å². The third kappa shape index (κ3) is 4.23. The first-order valence-corrected chi connectivity index (χ1v) is 13.8. The topological polar surface area (TPSA) is 93.9 Å². The Labute approximate surface area is 204 Å². The molecular weight excluding hydrogens is 460 g/mol. The van der Waals surface area contributed by atoms with E-state index in [1.807, 2.05) is 55.5 Å². The number of sulfone groups is 1. The monoisotopic (exact) mass is 486 g/mol. The van der Waals surface area contributed by atoms with Gasteiger partial charge in [0.1, 0.15) is 0 Å². The molecule has 0 spiro atoms. The quantitative estimate of drug-likeness (QED) is 0.433. The minimum atomic E-state index is -3.08. The fourth-order valence-electron chi connectivity index (χ4n) is 4.90. The first kappa shape index (κ1) is 22.0. The molecule has 1 saturated heterocycles. The molecule has 2 aromatic carbocycles. The number of pyridine rings is 1. The number of rotatable bonds is 5. The highest BCUT2D eigenvalue weighted by atomic mass is 32.2. The fourth-order valence-corrected chi connectivity index (χ4v) is 6.59. The Kier molecular flexibility index (Phi) is 5.21. The van der Waals surface area contributed by atoms with E-state index in [9.17, 15) is 13.2 Å². The number of aromatic nitrogens is 3. The number of hydrogen-bond donors (Lipinski definition) is 1. The molecule has 178 valence electrons. The largest absolute Gasteiger partial charge is 0.322 e. The zero-order valence-electron chi connectivity index (χ0n) is 19.4. The van der Waals surface area contributed by atoms with Gasteiger partial charge in [0.05, 0.1) is 34.2 Å². The maximum absolute atomic E-state index is 13.5. The molecule has 1 N–H and O–H groups in total. The van der Waals surface area contributed by atoms with Crippen molar-refractivity contribution in [2.75, 3.05) is 16.8 Å². The average molecular weight is 487 g/mol. The lowest BCUT2D eigenvalue weighted by molar-refractivity contribution is 0.102. The van der Waals surface area contributed by atoms with E-state index in [2.05, 4.69) is 22.5 Å². The predicted molar refractivity (Wildman–Crippen MR) is 136 cm³/mol. The molecule has 2 fully saturated rings. The summed E-state index contributed by atoms with van der Waals surface area (Å²) in [7, 11) is -3.08. The van der Waals surface area contributed by atoms with Crippen LogP contribution in [0.3, 0.4) is 0 Å². The van der Waals surface area contributed by atoms with Crippen molar-refractivity contribution in [3.8, 4) is 11.1 Å². The van der Waals surface area contributed by atoms with Crippen LogP contribution >= 0.6 is 0 Å². The van der Waals surface area contributed by atoms with E-state index in [1.54, 1.807) is 4.68 Å². The van der Waals surface area contributed by atoms with Gasteiger partial charge >= 0.3 is 0 Å². The smallest absolute Gasteiger partial charge is 0.256 e. The predicted octanol–water partition coefficient (Wildman–Crippen LogP) is 4.90. The summed E-state index contributed by atoms with van der Waals surface area (Å²) < 4.78 is 26.0. The van der Waals surface area contributed by atoms with Gasteiger partial charge < -0.3 is 5.32 Å². The van der Waals surface area contributed by atoms with E-state index in [-0.39, 0.29) is 23.5 Å². The first-order chi connectivity index (χ1) is 16.9. The molecule has 2 aliphatic rings. The molecule has 0 bridgehead atoms. The van der Waals surface area contributed by atoms with Crippen molar-refractivity contribution in [1.82, 2.24) is 14.8 Å². The third-order valence-corrected chi connectivity index (χ3v) is 8.65. The van der Waals surface area contributed by atoms with Crippen LogP contribution in [-0.2, 0) is 9.84 Å². The van der Waals surface area contributed by atoms with Crippen molar-refractivity contribution in [2.45, 2.75) is 38.1 Å². The van der Waals surface area contributed by atoms with Gasteiger partial charge in [-0.3, -0.25) is 4.79 Å². The highest BCUT2D eigenvalue weighted by Crippen LogP contribution is 2.41. The molecule has 6 rings (SSSR count). The molecule has 1 aliphatic carbocycles. The van der Waals surface area contributed by atoms with E-state index in [0.717, 1.165) is 29.7 Å². The zero-order valence-corrected chi connectivity index (χ0v) is 20.3. The third-order valence-electron chi connectivity index (χ3n) is 6.90. The van der Waals surface area contributed by atoms with Crippen LogP contribution in [0.5, 0.6) is 0 Å². The van der Waals surface area contributed by atoms with Gasteiger partial charge in [-0.25, -0.2) is 18.1 Å². The van der Waals surface area contributed by atoms with Gasteiger partial charge in [0.25, 0.3) is 5.91 Å². The number of fused-ring (bicyclic) bond motifs is 1. The molecule has 7 nitrogen and oxygen atoms in total. The molecule has 4 aromatic rings. The van der Waals surface area contributed by atoms with Crippen LogP contribution in [0.25, 0.3) is 22.2 Å². The maximum atomic E-state index is 13.5. The number of nitrogens with zero attached hydrogens (tertiary/aromatic N) is 3. The SMILES string of the molecule is Cc1nn([C@H]2CCS(=O)(=O)C2)c2nc(C3CC3)cc(C(=O)Nc3ccc(-c4ccccc4)cc3)c12. The summed E-state index contributed by atoms with van der Waals surface area (Å²) in [6.07, 6.45) is 2.61.